The summed E-state index contributed by atoms with van der Waals surface area (Å²) in [6.07, 6.45) is 0.843. The number of amides is 1. The Morgan fingerprint density at radius 3 is 3.28 bits per heavy atom. The maximum absolute atomic E-state index is 12.2. The quantitative estimate of drug-likeness (QED) is 0.776. The number of methoxy groups -OCH3 is 1. The topological polar surface area (TPSA) is 53.3 Å². The molecule has 0 radical (unpaired) electrons. The second-order valence-corrected chi connectivity index (χ2v) is 6.09. The summed E-state index contributed by atoms with van der Waals surface area (Å²) in [6, 6.07) is 3.89. The molecule has 1 atom stereocenters. The summed E-state index contributed by atoms with van der Waals surface area (Å²) >= 11 is 3.09. The number of carbonyl (C=O) groups excluding carboxylic acids is 1. The number of hydrogen-bond acceptors (Lipinski definition) is 5. The number of ether oxygens (including phenoxy) is 1. The zero-order valence-electron chi connectivity index (χ0n) is 10.1. The molecule has 0 aliphatic carbocycles. The Morgan fingerprint density at radius 2 is 2.56 bits per heavy atom. The van der Waals surface area contributed by atoms with Gasteiger partial charge in [0.1, 0.15) is 11.1 Å². The van der Waals surface area contributed by atoms with Gasteiger partial charge in [0.15, 0.2) is 0 Å². The van der Waals surface area contributed by atoms with Crippen LogP contribution in [0.1, 0.15) is 12.0 Å². The van der Waals surface area contributed by atoms with Crippen molar-refractivity contribution in [1.82, 2.24) is 0 Å². The standard InChI is InChI=1S/C12H14N2O2S2/c1-16-5-7-17-10-2-4-14(11(10)15)12-9(8-13)3-6-18-12/h3,6,10H,2,4-5,7H2,1H3. The number of hydrogen-bond donors (Lipinski definition) is 0. The van der Waals surface area contributed by atoms with Crippen molar-refractivity contribution in [2.75, 3.05) is 30.9 Å². The van der Waals surface area contributed by atoms with Gasteiger partial charge < -0.3 is 9.64 Å². The molecule has 1 saturated heterocycles. The van der Waals surface area contributed by atoms with Crippen LogP contribution in [0.15, 0.2) is 11.4 Å². The van der Waals surface area contributed by atoms with Crippen LogP contribution >= 0.6 is 23.1 Å². The van der Waals surface area contributed by atoms with Gasteiger partial charge in [-0.25, -0.2) is 0 Å². The molecule has 1 amide bonds. The fraction of sp³-hybridized carbons (Fsp3) is 0.500. The predicted molar refractivity (Wildman–Crippen MR) is 74.1 cm³/mol. The first-order valence-corrected chi connectivity index (χ1v) is 7.60. The van der Waals surface area contributed by atoms with Crippen LogP contribution in [0.3, 0.4) is 0 Å². The first-order valence-electron chi connectivity index (χ1n) is 5.67. The van der Waals surface area contributed by atoms with E-state index in [2.05, 4.69) is 6.07 Å². The van der Waals surface area contributed by atoms with Gasteiger partial charge in [-0.05, 0) is 17.9 Å². The Morgan fingerprint density at radius 1 is 1.72 bits per heavy atom. The van der Waals surface area contributed by atoms with Crippen LogP contribution in [0.5, 0.6) is 0 Å². The fourth-order valence-electron chi connectivity index (χ4n) is 1.88. The van der Waals surface area contributed by atoms with Gasteiger partial charge >= 0.3 is 0 Å². The lowest BCUT2D eigenvalue weighted by molar-refractivity contribution is -0.116. The van der Waals surface area contributed by atoms with Gasteiger partial charge in [-0.3, -0.25) is 4.79 Å². The number of thiophene rings is 1. The lowest BCUT2D eigenvalue weighted by Gasteiger charge is -2.14. The molecule has 1 aliphatic heterocycles. The van der Waals surface area contributed by atoms with Crippen molar-refractivity contribution in [3.63, 3.8) is 0 Å². The monoisotopic (exact) mass is 282 g/mol. The largest absolute Gasteiger partial charge is 0.384 e. The molecular formula is C12H14N2O2S2. The zero-order chi connectivity index (χ0) is 13.0. The Balaban J connectivity index is 2.01. The molecule has 18 heavy (non-hydrogen) atoms. The lowest BCUT2D eigenvalue weighted by Crippen LogP contribution is -2.28. The van der Waals surface area contributed by atoms with E-state index >= 15 is 0 Å². The number of thioether (sulfide) groups is 1. The van der Waals surface area contributed by atoms with Gasteiger partial charge in [-0.15, -0.1) is 23.1 Å². The van der Waals surface area contributed by atoms with Gasteiger partial charge in [-0.1, -0.05) is 0 Å². The van der Waals surface area contributed by atoms with Crippen LogP contribution in [0.25, 0.3) is 0 Å². The van der Waals surface area contributed by atoms with Crippen molar-refractivity contribution in [2.45, 2.75) is 11.7 Å². The van der Waals surface area contributed by atoms with E-state index in [1.54, 1.807) is 29.8 Å². The third-order valence-corrected chi connectivity index (χ3v) is 4.95. The lowest BCUT2D eigenvalue weighted by atomic mass is 10.3. The Hall–Kier alpha value is -1.03. The van der Waals surface area contributed by atoms with Crippen LogP contribution in [-0.4, -0.2) is 37.2 Å². The molecule has 1 aromatic heterocycles. The van der Waals surface area contributed by atoms with Crippen molar-refractivity contribution >= 4 is 34.0 Å². The summed E-state index contributed by atoms with van der Waals surface area (Å²) in [5.74, 6) is 0.950. The van der Waals surface area contributed by atoms with Gasteiger partial charge in [0.25, 0.3) is 0 Å². The SMILES string of the molecule is COCCSC1CCN(c2sccc2C#N)C1=O. The molecule has 1 unspecified atom stereocenters. The first-order chi connectivity index (χ1) is 8.77. The molecule has 6 heteroatoms. The van der Waals surface area contributed by atoms with E-state index in [0.29, 0.717) is 18.7 Å². The highest BCUT2D eigenvalue weighted by Crippen LogP contribution is 2.33. The maximum Gasteiger partial charge on any atom is 0.240 e. The number of anilines is 1. The van der Waals surface area contributed by atoms with E-state index in [-0.39, 0.29) is 11.2 Å². The summed E-state index contributed by atoms with van der Waals surface area (Å²) in [6.45, 7) is 1.37. The molecule has 96 valence electrons. The van der Waals surface area contributed by atoms with E-state index in [0.717, 1.165) is 17.2 Å². The first kappa shape index (κ1) is 13.4. The molecule has 0 spiro atoms. The Bertz CT molecular complexity index is 467. The zero-order valence-corrected chi connectivity index (χ0v) is 11.7. The minimum Gasteiger partial charge on any atom is -0.384 e. The van der Waals surface area contributed by atoms with Crippen molar-refractivity contribution in [1.29, 1.82) is 5.26 Å². The number of rotatable bonds is 5. The Kier molecular flexibility index (Phi) is 4.64. The molecule has 2 heterocycles. The molecule has 0 saturated carbocycles. The number of carbonyl (C=O) groups is 1. The van der Waals surface area contributed by atoms with E-state index in [4.69, 9.17) is 10.00 Å². The van der Waals surface area contributed by atoms with Gasteiger partial charge in [0, 0.05) is 19.4 Å². The fourth-order valence-corrected chi connectivity index (χ4v) is 3.85. The average Bonchev–Trinajstić information content (AvgIpc) is 2.97. The second-order valence-electron chi connectivity index (χ2n) is 3.88. The normalized spacial score (nSPS) is 19.2. The third kappa shape index (κ3) is 2.69. The summed E-state index contributed by atoms with van der Waals surface area (Å²) < 4.78 is 4.99. The molecule has 2 rings (SSSR count). The highest BCUT2D eigenvalue weighted by Gasteiger charge is 2.34. The summed E-state index contributed by atoms with van der Waals surface area (Å²) in [5, 5.41) is 11.6. The van der Waals surface area contributed by atoms with E-state index < -0.39 is 0 Å². The molecule has 0 N–H and O–H groups in total. The second kappa shape index (κ2) is 6.23. The Labute approximate surface area is 115 Å². The molecule has 4 nitrogen and oxygen atoms in total. The maximum atomic E-state index is 12.2. The molecule has 1 fully saturated rings. The number of nitriles is 1. The van der Waals surface area contributed by atoms with Crippen molar-refractivity contribution < 1.29 is 9.53 Å². The number of nitrogens with zero attached hydrogens (tertiary/aromatic N) is 2. The molecule has 0 bridgehead atoms. The highest BCUT2D eigenvalue weighted by molar-refractivity contribution is 8.00. The molecule has 1 aliphatic rings. The third-order valence-electron chi connectivity index (χ3n) is 2.77. The minimum atomic E-state index is 0.00814. The van der Waals surface area contributed by atoms with E-state index in [9.17, 15) is 4.79 Å². The van der Waals surface area contributed by atoms with Crippen LogP contribution < -0.4 is 4.90 Å². The predicted octanol–water partition coefficient (Wildman–Crippen LogP) is 2.10. The molecular weight excluding hydrogens is 268 g/mol. The summed E-state index contributed by atoms with van der Waals surface area (Å²) in [5.41, 5.74) is 0.593. The van der Waals surface area contributed by atoms with Gasteiger partial charge in [0.05, 0.1) is 17.4 Å². The van der Waals surface area contributed by atoms with Gasteiger partial charge in [-0.2, -0.15) is 5.26 Å². The van der Waals surface area contributed by atoms with E-state index in [1.807, 2.05) is 5.38 Å². The summed E-state index contributed by atoms with van der Waals surface area (Å²) in [7, 11) is 1.66. The van der Waals surface area contributed by atoms with E-state index in [1.165, 1.54) is 11.3 Å². The van der Waals surface area contributed by atoms with Crippen LogP contribution in [0, 0.1) is 11.3 Å². The minimum absolute atomic E-state index is 0.00814. The van der Waals surface area contributed by atoms with Gasteiger partial charge in [0.2, 0.25) is 5.91 Å². The molecule has 1 aromatic rings. The van der Waals surface area contributed by atoms with Crippen molar-refractivity contribution in [3.05, 3.63) is 17.0 Å². The van der Waals surface area contributed by atoms with Crippen LogP contribution in [0.4, 0.5) is 5.00 Å². The van der Waals surface area contributed by atoms with Crippen molar-refractivity contribution in [3.8, 4) is 6.07 Å². The average molecular weight is 282 g/mol. The van der Waals surface area contributed by atoms with Crippen LogP contribution in [-0.2, 0) is 9.53 Å². The smallest absolute Gasteiger partial charge is 0.240 e. The summed E-state index contributed by atoms with van der Waals surface area (Å²) in [4.78, 5) is 14.0. The highest BCUT2D eigenvalue weighted by atomic mass is 32.2. The molecule has 0 aromatic carbocycles. The van der Waals surface area contributed by atoms with Crippen LogP contribution in [0.2, 0.25) is 0 Å². The van der Waals surface area contributed by atoms with Crippen molar-refractivity contribution in [2.24, 2.45) is 0 Å².